The molecule has 0 atom stereocenters. The summed E-state index contributed by atoms with van der Waals surface area (Å²) in [7, 11) is 1.75. The van der Waals surface area contributed by atoms with E-state index in [1.165, 1.54) is 4.88 Å². The van der Waals surface area contributed by atoms with Crippen LogP contribution in [0.4, 0.5) is 5.13 Å². The van der Waals surface area contributed by atoms with Crippen molar-refractivity contribution in [1.29, 1.82) is 0 Å². The molecule has 0 unspecified atom stereocenters. The average Bonchev–Trinajstić information content (AvgIpc) is 2.73. The first-order valence-corrected chi connectivity index (χ1v) is 7.37. The highest BCUT2D eigenvalue weighted by Gasteiger charge is 2.10. The molecule has 0 aliphatic carbocycles. The summed E-state index contributed by atoms with van der Waals surface area (Å²) in [6, 6.07) is 0. The third-order valence-corrected chi connectivity index (χ3v) is 3.44. The molecule has 18 heavy (non-hydrogen) atoms. The summed E-state index contributed by atoms with van der Waals surface area (Å²) in [5, 5.41) is 4.27. The van der Waals surface area contributed by atoms with E-state index in [9.17, 15) is 0 Å². The standard InChI is InChI=1S/C13H25N3OS/c1-5-14-13-15-8-12(18-13)10-16(6-7-17-4)9-11(2)3/h8,11H,5-7,9-10H2,1-4H3,(H,14,15). The Morgan fingerprint density at radius 1 is 1.50 bits per heavy atom. The van der Waals surface area contributed by atoms with E-state index in [1.807, 2.05) is 6.20 Å². The van der Waals surface area contributed by atoms with Gasteiger partial charge in [-0.25, -0.2) is 4.98 Å². The van der Waals surface area contributed by atoms with E-state index in [4.69, 9.17) is 4.74 Å². The molecule has 1 heterocycles. The second-order valence-electron chi connectivity index (χ2n) is 4.78. The van der Waals surface area contributed by atoms with Gasteiger partial charge in [0.25, 0.3) is 0 Å². The zero-order chi connectivity index (χ0) is 13.4. The fraction of sp³-hybridized carbons (Fsp3) is 0.769. The first kappa shape index (κ1) is 15.4. The van der Waals surface area contributed by atoms with Crippen LogP contribution in [-0.2, 0) is 11.3 Å². The van der Waals surface area contributed by atoms with Gasteiger partial charge < -0.3 is 10.1 Å². The molecule has 4 nitrogen and oxygen atoms in total. The Balaban J connectivity index is 2.51. The Labute approximate surface area is 114 Å². The number of anilines is 1. The zero-order valence-corrected chi connectivity index (χ0v) is 12.7. The lowest BCUT2D eigenvalue weighted by Gasteiger charge is -2.22. The van der Waals surface area contributed by atoms with E-state index in [0.717, 1.165) is 37.9 Å². The van der Waals surface area contributed by atoms with Gasteiger partial charge in [0.05, 0.1) is 6.61 Å². The van der Waals surface area contributed by atoms with E-state index < -0.39 is 0 Å². The van der Waals surface area contributed by atoms with Crippen molar-refractivity contribution < 1.29 is 4.74 Å². The Bertz CT molecular complexity index is 328. The summed E-state index contributed by atoms with van der Waals surface area (Å²) in [6.45, 7) is 11.3. The first-order valence-electron chi connectivity index (χ1n) is 6.55. The van der Waals surface area contributed by atoms with Gasteiger partial charge in [-0.2, -0.15) is 0 Å². The summed E-state index contributed by atoms with van der Waals surface area (Å²) in [4.78, 5) is 8.10. The van der Waals surface area contributed by atoms with Crippen LogP contribution in [0.15, 0.2) is 6.20 Å². The second-order valence-corrected chi connectivity index (χ2v) is 5.90. The fourth-order valence-electron chi connectivity index (χ4n) is 1.81. The molecule has 1 aromatic rings. The smallest absolute Gasteiger partial charge is 0.182 e. The van der Waals surface area contributed by atoms with Gasteiger partial charge in [-0.05, 0) is 12.8 Å². The van der Waals surface area contributed by atoms with Crippen LogP contribution >= 0.6 is 11.3 Å². The second kappa shape index (κ2) is 8.45. The molecule has 0 saturated carbocycles. The molecule has 5 heteroatoms. The van der Waals surface area contributed by atoms with Crippen molar-refractivity contribution in [1.82, 2.24) is 9.88 Å². The maximum Gasteiger partial charge on any atom is 0.182 e. The Hall–Kier alpha value is -0.650. The number of rotatable bonds is 9. The van der Waals surface area contributed by atoms with Gasteiger partial charge in [-0.15, -0.1) is 11.3 Å². The van der Waals surface area contributed by atoms with Gasteiger partial charge in [0.1, 0.15) is 0 Å². The molecule has 0 bridgehead atoms. The molecule has 0 aromatic carbocycles. The molecule has 1 rings (SSSR count). The number of thiazole rings is 1. The predicted octanol–water partition coefficient (Wildman–Crippen LogP) is 2.68. The lowest BCUT2D eigenvalue weighted by Crippen LogP contribution is -2.30. The van der Waals surface area contributed by atoms with Gasteiger partial charge in [-0.3, -0.25) is 4.90 Å². The van der Waals surface area contributed by atoms with Crippen molar-refractivity contribution in [2.75, 3.05) is 38.7 Å². The fourth-order valence-corrected chi connectivity index (χ4v) is 2.73. The van der Waals surface area contributed by atoms with Crippen molar-refractivity contribution >= 4 is 16.5 Å². The highest BCUT2D eigenvalue weighted by Crippen LogP contribution is 2.19. The predicted molar refractivity (Wildman–Crippen MR) is 78.3 cm³/mol. The molecule has 0 aliphatic rings. The van der Waals surface area contributed by atoms with Crippen LogP contribution in [0.3, 0.4) is 0 Å². The van der Waals surface area contributed by atoms with Crippen molar-refractivity contribution in [2.24, 2.45) is 5.92 Å². The molecular formula is C13H25N3OS. The number of nitrogens with zero attached hydrogens (tertiary/aromatic N) is 2. The lowest BCUT2D eigenvalue weighted by molar-refractivity contribution is 0.136. The highest BCUT2D eigenvalue weighted by atomic mass is 32.1. The minimum Gasteiger partial charge on any atom is -0.383 e. The van der Waals surface area contributed by atoms with Crippen LogP contribution in [0.1, 0.15) is 25.6 Å². The monoisotopic (exact) mass is 271 g/mol. The third-order valence-electron chi connectivity index (χ3n) is 2.50. The van der Waals surface area contributed by atoms with E-state index in [2.05, 4.69) is 36.0 Å². The first-order chi connectivity index (χ1) is 8.65. The number of hydrogen-bond acceptors (Lipinski definition) is 5. The number of aromatic nitrogens is 1. The molecule has 1 N–H and O–H groups in total. The van der Waals surface area contributed by atoms with E-state index in [0.29, 0.717) is 5.92 Å². The number of nitrogens with one attached hydrogen (secondary N) is 1. The van der Waals surface area contributed by atoms with Crippen LogP contribution in [-0.4, -0.2) is 43.2 Å². The SMILES string of the molecule is CCNc1ncc(CN(CCOC)CC(C)C)s1. The number of hydrogen-bond donors (Lipinski definition) is 1. The molecule has 104 valence electrons. The van der Waals surface area contributed by atoms with Crippen LogP contribution in [0.2, 0.25) is 0 Å². The van der Waals surface area contributed by atoms with E-state index in [1.54, 1.807) is 18.4 Å². The number of methoxy groups -OCH3 is 1. The Kier molecular flexibility index (Phi) is 7.23. The zero-order valence-electron chi connectivity index (χ0n) is 11.9. The van der Waals surface area contributed by atoms with Gasteiger partial charge in [0.15, 0.2) is 5.13 Å². The van der Waals surface area contributed by atoms with Crippen LogP contribution < -0.4 is 5.32 Å². The van der Waals surface area contributed by atoms with Crippen LogP contribution in [0.5, 0.6) is 0 Å². The molecule has 0 radical (unpaired) electrons. The van der Waals surface area contributed by atoms with Crippen molar-refractivity contribution in [3.8, 4) is 0 Å². The van der Waals surface area contributed by atoms with Crippen molar-refractivity contribution in [3.63, 3.8) is 0 Å². The quantitative estimate of drug-likeness (QED) is 0.749. The minimum absolute atomic E-state index is 0.669. The normalized spacial score (nSPS) is 11.4. The summed E-state index contributed by atoms with van der Waals surface area (Å²) >= 11 is 1.74. The Morgan fingerprint density at radius 2 is 2.28 bits per heavy atom. The molecule has 0 amide bonds. The third kappa shape index (κ3) is 5.80. The van der Waals surface area contributed by atoms with Gasteiger partial charge in [0, 0.05) is 44.4 Å². The molecular weight excluding hydrogens is 246 g/mol. The van der Waals surface area contributed by atoms with Crippen LogP contribution in [0, 0.1) is 5.92 Å². The van der Waals surface area contributed by atoms with Crippen molar-refractivity contribution in [3.05, 3.63) is 11.1 Å². The average molecular weight is 271 g/mol. The molecule has 0 aliphatic heterocycles. The molecule has 1 aromatic heterocycles. The molecule has 0 spiro atoms. The maximum atomic E-state index is 5.17. The summed E-state index contributed by atoms with van der Waals surface area (Å²) in [5.74, 6) is 0.669. The minimum atomic E-state index is 0.669. The summed E-state index contributed by atoms with van der Waals surface area (Å²) < 4.78 is 5.17. The topological polar surface area (TPSA) is 37.4 Å². The van der Waals surface area contributed by atoms with E-state index in [-0.39, 0.29) is 0 Å². The van der Waals surface area contributed by atoms with Crippen molar-refractivity contribution in [2.45, 2.75) is 27.3 Å². The maximum absolute atomic E-state index is 5.17. The van der Waals surface area contributed by atoms with Gasteiger partial charge in [0.2, 0.25) is 0 Å². The lowest BCUT2D eigenvalue weighted by atomic mass is 10.2. The summed E-state index contributed by atoms with van der Waals surface area (Å²) in [5.41, 5.74) is 0. The van der Waals surface area contributed by atoms with Gasteiger partial charge >= 0.3 is 0 Å². The number of ether oxygens (including phenoxy) is 1. The highest BCUT2D eigenvalue weighted by molar-refractivity contribution is 7.15. The van der Waals surface area contributed by atoms with Gasteiger partial charge in [-0.1, -0.05) is 13.8 Å². The summed E-state index contributed by atoms with van der Waals surface area (Å²) in [6.07, 6.45) is 1.97. The molecule has 0 fully saturated rings. The Morgan fingerprint density at radius 3 is 2.89 bits per heavy atom. The molecule has 0 saturated heterocycles. The largest absolute Gasteiger partial charge is 0.383 e. The van der Waals surface area contributed by atoms with Crippen LogP contribution in [0.25, 0.3) is 0 Å². The van der Waals surface area contributed by atoms with E-state index >= 15 is 0 Å².